The lowest BCUT2D eigenvalue weighted by Gasteiger charge is -2.31. The molecule has 0 spiro atoms. The largest absolute Gasteiger partial charge is 0.507 e. The monoisotopic (exact) mass is 424 g/mol. The van der Waals surface area contributed by atoms with Crippen LogP contribution in [0.3, 0.4) is 0 Å². The Kier molecular flexibility index (Phi) is 7.09. The van der Waals surface area contributed by atoms with Crippen molar-refractivity contribution in [3.05, 3.63) is 108 Å². The van der Waals surface area contributed by atoms with E-state index in [1.165, 1.54) is 22.3 Å². The average Bonchev–Trinajstić information content (AvgIpc) is 3.28. The summed E-state index contributed by atoms with van der Waals surface area (Å²) in [6.45, 7) is 13.1. The summed E-state index contributed by atoms with van der Waals surface area (Å²) in [5, 5.41) is 10.9. The molecule has 1 aliphatic rings. The van der Waals surface area contributed by atoms with Crippen molar-refractivity contribution in [2.24, 2.45) is 0 Å². The van der Waals surface area contributed by atoms with Crippen molar-refractivity contribution < 1.29 is 5.11 Å². The molecule has 0 aliphatic heterocycles. The molecule has 0 amide bonds. The fraction of sp³-hybridized carbons (Fsp3) is 0.290. The van der Waals surface area contributed by atoms with Crippen LogP contribution in [0.25, 0.3) is 16.7 Å². The number of rotatable bonds is 2. The smallest absolute Gasteiger partial charge is 0.127 e. The molecule has 32 heavy (non-hydrogen) atoms. The van der Waals surface area contributed by atoms with Gasteiger partial charge in [-0.25, -0.2) is 0 Å². The summed E-state index contributed by atoms with van der Waals surface area (Å²) in [6.07, 6.45) is 7.19. The standard InChI is InChI=1S/C19H26O.C12H10/c1-18(2,3)15-12-11-14(13-9-7-8-10-13)17(20)16(15)19(4,5)6;1-3-7-11(8-4-1)12-9-5-2-6-10-12/h7-9,11-12,20H,10H2,1-6H3;1-10H. The zero-order valence-corrected chi connectivity index (χ0v) is 20.3. The zero-order chi connectivity index (χ0) is 23.4. The minimum absolute atomic E-state index is 0.0287. The van der Waals surface area contributed by atoms with Crippen molar-refractivity contribution in [2.75, 3.05) is 0 Å². The van der Waals surface area contributed by atoms with Gasteiger partial charge in [0.15, 0.2) is 0 Å². The molecular formula is C31H36O. The minimum Gasteiger partial charge on any atom is -0.507 e. The average molecular weight is 425 g/mol. The highest BCUT2D eigenvalue weighted by Gasteiger charge is 2.29. The molecule has 1 nitrogen and oxygen atoms in total. The number of benzene rings is 3. The summed E-state index contributed by atoms with van der Waals surface area (Å²) in [5.74, 6) is 0.458. The van der Waals surface area contributed by atoms with Crippen molar-refractivity contribution >= 4 is 5.57 Å². The number of allylic oxidation sites excluding steroid dienone is 4. The molecule has 0 radical (unpaired) electrons. The van der Waals surface area contributed by atoms with Gasteiger partial charge in [0.1, 0.15) is 5.75 Å². The Morgan fingerprint density at radius 3 is 1.59 bits per heavy atom. The second-order valence-electron chi connectivity index (χ2n) is 10.4. The van der Waals surface area contributed by atoms with Gasteiger partial charge in [-0.05, 0) is 39.5 Å². The lowest BCUT2D eigenvalue weighted by Crippen LogP contribution is -2.22. The first kappa shape index (κ1) is 23.6. The van der Waals surface area contributed by atoms with Crippen LogP contribution in [0.5, 0.6) is 5.75 Å². The molecule has 0 fully saturated rings. The normalized spacial score (nSPS) is 13.4. The maximum atomic E-state index is 10.9. The van der Waals surface area contributed by atoms with E-state index < -0.39 is 0 Å². The summed E-state index contributed by atoms with van der Waals surface area (Å²) in [4.78, 5) is 0. The second-order valence-corrected chi connectivity index (χ2v) is 10.4. The quantitative estimate of drug-likeness (QED) is 0.436. The van der Waals surface area contributed by atoms with Gasteiger partial charge in [-0.1, -0.05) is 133 Å². The van der Waals surface area contributed by atoms with Crippen molar-refractivity contribution in [3.63, 3.8) is 0 Å². The number of phenols is 1. The van der Waals surface area contributed by atoms with Gasteiger partial charge < -0.3 is 5.11 Å². The number of aromatic hydroxyl groups is 1. The predicted octanol–water partition coefficient (Wildman–Crippen LogP) is 8.68. The molecule has 0 saturated heterocycles. The molecule has 3 aromatic carbocycles. The van der Waals surface area contributed by atoms with E-state index >= 15 is 0 Å². The Morgan fingerprint density at radius 1 is 0.656 bits per heavy atom. The second kappa shape index (κ2) is 9.61. The fourth-order valence-electron chi connectivity index (χ4n) is 4.14. The van der Waals surface area contributed by atoms with E-state index in [2.05, 4.69) is 120 Å². The Labute approximate surface area is 194 Å². The van der Waals surface area contributed by atoms with Crippen LogP contribution in [0.2, 0.25) is 0 Å². The highest BCUT2D eigenvalue weighted by Crippen LogP contribution is 2.43. The third kappa shape index (κ3) is 5.59. The van der Waals surface area contributed by atoms with Crippen LogP contribution >= 0.6 is 0 Å². The first-order valence-corrected chi connectivity index (χ1v) is 11.4. The van der Waals surface area contributed by atoms with E-state index in [0.717, 1.165) is 17.5 Å². The minimum atomic E-state index is -0.0741. The Morgan fingerprint density at radius 2 is 1.19 bits per heavy atom. The third-order valence-electron chi connectivity index (χ3n) is 5.73. The number of hydrogen-bond acceptors (Lipinski definition) is 1. The lowest BCUT2D eigenvalue weighted by molar-refractivity contribution is 0.434. The van der Waals surface area contributed by atoms with Crippen LogP contribution in [0.15, 0.2) is 91.0 Å². The van der Waals surface area contributed by atoms with Crippen LogP contribution < -0.4 is 0 Å². The molecule has 1 heteroatoms. The van der Waals surface area contributed by atoms with Gasteiger partial charge in [0.25, 0.3) is 0 Å². The van der Waals surface area contributed by atoms with Crippen molar-refractivity contribution in [2.45, 2.75) is 58.8 Å². The first-order valence-electron chi connectivity index (χ1n) is 11.4. The van der Waals surface area contributed by atoms with Crippen LogP contribution in [0.1, 0.15) is 64.7 Å². The van der Waals surface area contributed by atoms with Crippen LogP contribution in [-0.2, 0) is 10.8 Å². The maximum absolute atomic E-state index is 10.9. The summed E-state index contributed by atoms with van der Waals surface area (Å²) >= 11 is 0. The topological polar surface area (TPSA) is 20.2 Å². The lowest BCUT2D eigenvalue weighted by atomic mass is 9.73. The molecule has 0 heterocycles. The Balaban J connectivity index is 0.000000204. The molecule has 3 aromatic rings. The molecule has 0 saturated carbocycles. The van der Waals surface area contributed by atoms with Crippen LogP contribution in [-0.4, -0.2) is 5.11 Å². The van der Waals surface area contributed by atoms with Gasteiger partial charge in [0.05, 0.1) is 0 Å². The molecule has 0 atom stereocenters. The van der Waals surface area contributed by atoms with E-state index in [1.807, 2.05) is 12.1 Å². The van der Waals surface area contributed by atoms with Crippen molar-refractivity contribution in [1.29, 1.82) is 0 Å². The van der Waals surface area contributed by atoms with Gasteiger partial charge in [0.2, 0.25) is 0 Å². The van der Waals surface area contributed by atoms with Crippen molar-refractivity contribution in [1.82, 2.24) is 0 Å². The summed E-state index contributed by atoms with van der Waals surface area (Å²) < 4.78 is 0. The van der Waals surface area contributed by atoms with E-state index in [0.29, 0.717) is 5.75 Å². The van der Waals surface area contributed by atoms with E-state index in [1.54, 1.807) is 0 Å². The number of hydrogen-bond donors (Lipinski definition) is 1. The fourth-order valence-corrected chi connectivity index (χ4v) is 4.14. The summed E-state index contributed by atoms with van der Waals surface area (Å²) in [5.41, 5.74) is 7.00. The highest BCUT2D eigenvalue weighted by molar-refractivity contribution is 5.76. The first-order chi connectivity index (χ1) is 15.1. The molecule has 4 rings (SSSR count). The predicted molar refractivity (Wildman–Crippen MR) is 139 cm³/mol. The Hall–Kier alpha value is -3.06. The van der Waals surface area contributed by atoms with Crippen LogP contribution in [0, 0.1) is 0 Å². The van der Waals surface area contributed by atoms with E-state index in [-0.39, 0.29) is 10.8 Å². The van der Waals surface area contributed by atoms with Gasteiger partial charge in [-0.15, -0.1) is 0 Å². The van der Waals surface area contributed by atoms with Crippen LogP contribution in [0.4, 0.5) is 0 Å². The molecule has 166 valence electrons. The summed E-state index contributed by atoms with van der Waals surface area (Å²) in [7, 11) is 0. The zero-order valence-electron chi connectivity index (χ0n) is 20.3. The van der Waals surface area contributed by atoms with Gasteiger partial charge >= 0.3 is 0 Å². The molecule has 1 aliphatic carbocycles. The Bertz CT molecular complexity index is 1050. The number of phenolic OH excluding ortho intramolecular Hbond substituents is 1. The molecule has 0 bridgehead atoms. The van der Waals surface area contributed by atoms with Gasteiger partial charge in [0, 0.05) is 11.1 Å². The van der Waals surface area contributed by atoms with Gasteiger partial charge in [-0.3, -0.25) is 0 Å². The van der Waals surface area contributed by atoms with Gasteiger partial charge in [-0.2, -0.15) is 0 Å². The van der Waals surface area contributed by atoms with E-state index in [9.17, 15) is 5.11 Å². The third-order valence-corrected chi connectivity index (χ3v) is 5.73. The maximum Gasteiger partial charge on any atom is 0.127 e. The van der Waals surface area contributed by atoms with Crippen molar-refractivity contribution in [3.8, 4) is 16.9 Å². The highest BCUT2D eigenvalue weighted by atomic mass is 16.3. The molecule has 0 unspecified atom stereocenters. The molecule has 0 aromatic heterocycles. The molecular weight excluding hydrogens is 388 g/mol. The molecule has 1 N–H and O–H groups in total. The summed E-state index contributed by atoms with van der Waals surface area (Å²) in [6, 6.07) is 25.0. The van der Waals surface area contributed by atoms with E-state index in [4.69, 9.17) is 0 Å². The SMILES string of the molecule is CC(C)(C)c1ccc(C2=CC=CC2)c(O)c1C(C)(C)C.c1ccc(-c2ccccc2)cc1.